The molecule has 0 saturated carbocycles. The highest BCUT2D eigenvalue weighted by Crippen LogP contribution is 2.40. The van der Waals surface area contributed by atoms with Gasteiger partial charge in [0, 0.05) is 18.7 Å². The summed E-state index contributed by atoms with van der Waals surface area (Å²) in [6, 6.07) is 13.2. The molecule has 6 rings (SSSR count). The van der Waals surface area contributed by atoms with Crippen molar-refractivity contribution in [2.75, 3.05) is 32.9 Å². The zero-order valence-electron chi connectivity index (χ0n) is 30.4. The van der Waals surface area contributed by atoms with Crippen molar-refractivity contribution in [3.05, 3.63) is 64.7 Å². The maximum atomic E-state index is 14.3. The van der Waals surface area contributed by atoms with Gasteiger partial charge in [-0.25, -0.2) is 4.79 Å². The van der Waals surface area contributed by atoms with E-state index in [-0.39, 0.29) is 48.1 Å². The molecule has 2 fully saturated rings. The molecule has 4 aliphatic heterocycles. The van der Waals surface area contributed by atoms with E-state index in [1.807, 2.05) is 37.8 Å². The number of carbonyl (C=O) groups excluding carboxylic acids is 3. The fourth-order valence-corrected chi connectivity index (χ4v) is 8.52. The summed E-state index contributed by atoms with van der Waals surface area (Å²) in [7, 11) is -2.39. The van der Waals surface area contributed by atoms with Crippen LogP contribution in [0.1, 0.15) is 86.2 Å². The lowest BCUT2D eigenvalue weighted by Gasteiger charge is -2.47. The average molecular weight is 692 g/mol. The number of hydrogen-bond donors (Lipinski definition) is 0. The van der Waals surface area contributed by atoms with Gasteiger partial charge in [-0.1, -0.05) is 45.0 Å². The van der Waals surface area contributed by atoms with Crippen LogP contribution in [0.25, 0.3) is 0 Å². The number of rotatable bonds is 6. The molecular formula is C38H53N3O7Si. The largest absolute Gasteiger partial charge is 0.491 e. The molecule has 0 N–H and O–H groups in total. The third kappa shape index (κ3) is 7.39. The molecule has 0 radical (unpaired) electrons. The van der Waals surface area contributed by atoms with Crippen molar-refractivity contribution in [1.82, 2.24) is 14.7 Å². The quantitative estimate of drug-likeness (QED) is 0.329. The highest BCUT2D eigenvalue weighted by molar-refractivity contribution is 6.74. The molecule has 0 aromatic heterocycles. The second-order valence-electron chi connectivity index (χ2n) is 16.5. The molecule has 4 heterocycles. The number of amides is 3. The first kappa shape index (κ1) is 35.4. The summed E-state index contributed by atoms with van der Waals surface area (Å²) in [5.41, 5.74) is 2.52. The zero-order valence-corrected chi connectivity index (χ0v) is 31.4. The van der Waals surface area contributed by atoms with E-state index in [0.29, 0.717) is 49.6 Å². The number of nitrogens with zero attached hydrogens (tertiary/aromatic N) is 3. The molecule has 4 atom stereocenters. The van der Waals surface area contributed by atoms with E-state index in [9.17, 15) is 14.4 Å². The van der Waals surface area contributed by atoms with Gasteiger partial charge in [0.2, 0.25) is 0 Å². The van der Waals surface area contributed by atoms with Crippen molar-refractivity contribution < 1.29 is 33.0 Å². The van der Waals surface area contributed by atoms with Crippen molar-refractivity contribution in [2.24, 2.45) is 0 Å². The van der Waals surface area contributed by atoms with Gasteiger partial charge in [0.05, 0.1) is 49.6 Å². The van der Waals surface area contributed by atoms with E-state index in [1.165, 1.54) is 0 Å². The van der Waals surface area contributed by atoms with Crippen LogP contribution in [-0.4, -0.2) is 104 Å². The predicted octanol–water partition coefficient (Wildman–Crippen LogP) is 6.28. The minimum atomic E-state index is -2.39. The first-order chi connectivity index (χ1) is 23.0. The number of morpholine rings is 1. The van der Waals surface area contributed by atoms with Crippen LogP contribution < -0.4 is 4.74 Å². The molecule has 49 heavy (non-hydrogen) atoms. The van der Waals surface area contributed by atoms with Crippen LogP contribution in [0.5, 0.6) is 5.75 Å². The van der Waals surface area contributed by atoms with Crippen molar-refractivity contribution in [2.45, 2.75) is 115 Å². The van der Waals surface area contributed by atoms with Crippen molar-refractivity contribution in [3.63, 3.8) is 0 Å². The number of carbonyl (C=O) groups is 3. The van der Waals surface area contributed by atoms with Crippen LogP contribution in [0.15, 0.2) is 42.5 Å². The Morgan fingerprint density at radius 3 is 2.31 bits per heavy atom. The van der Waals surface area contributed by atoms with Gasteiger partial charge in [0.15, 0.2) is 8.32 Å². The monoisotopic (exact) mass is 691 g/mol. The Labute approximate surface area is 292 Å². The molecule has 2 aromatic carbocycles. The number of benzene rings is 2. The molecule has 10 nitrogen and oxygen atoms in total. The minimum absolute atomic E-state index is 0.0431. The summed E-state index contributed by atoms with van der Waals surface area (Å²) in [6.07, 6.45) is 1.60. The highest BCUT2D eigenvalue weighted by atomic mass is 28.4. The summed E-state index contributed by atoms with van der Waals surface area (Å²) in [6.45, 7) is 19.0. The van der Waals surface area contributed by atoms with E-state index in [4.69, 9.17) is 18.6 Å². The number of ether oxygens (including phenoxy) is 3. The van der Waals surface area contributed by atoms with Gasteiger partial charge in [-0.05, 0) is 87.5 Å². The van der Waals surface area contributed by atoms with Crippen LogP contribution in [0.3, 0.4) is 0 Å². The Morgan fingerprint density at radius 1 is 0.980 bits per heavy atom. The van der Waals surface area contributed by atoms with Gasteiger partial charge < -0.3 is 28.4 Å². The standard InChI is InChI=1S/C38H53N3O7Si/c1-37(2,3)47-36(44)40-21-27-12-10-9-11-25(27)19-31(40)33(48-49(7,8)38(4,5)6)22-39-17-18-46-32-20-26(13-16-30(32)35(39)43)34(42)41-28-14-15-29(41)24-45-23-28/h9-13,16,20,28-29,31,33H,14-15,17-19,21-24H2,1-8H3/t28?,29?,31-,33+/m0/s1. The second kappa shape index (κ2) is 13.4. The molecule has 2 bridgehead atoms. The van der Waals surface area contributed by atoms with Crippen molar-refractivity contribution in [3.8, 4) is 5.75 Å². The van der Waals surface area contributed by atoms with E-state index in [2.05, 4.69) is 46.0 Å². The van der Waals surface area contributed by atoms with E-state index in [1.54, 1.807) is 28.0 Å². The van der Waals surface area contributed by atoms with Gasteiger partial charge in [-0.15, -0.1) is 0 Å². The topological polar surface area (TPSA) is 97.9 Å². The van der Waals surface area contributed by atoms with Crippen molar-refractivity contribution >= 4 is 26.2 Å². The maximum absolute atomic E-state index is 14.3. The average Bonchev–Trinajstić information content (AvgIpc) is 3.17. The Morgan fingerprint density at radius 2 is 1.65 bits per heavy atom. The van der Waals surface area contributed by atoms with Crippen LogP contribution in [0, 0.1) is 0 Å². The summed E-state index contributed by atoms with van der Waals surface area (Å²) >= 11 is 0. The fourth-order valence-electron chi connectivity index (χ4n) is 7.18. The summed E-state index contributed by atoms with van der Waals surface area (Å²) < 4.78 is 25.0. The minimum Gasteiger partial charge on any atom is -0.491 e. The Kier molecular flexibility index (Phi) is 9.67. The third-order valence-corrected chi connectivity index (χ3v) is 15.3. The highest BCUT2D eigenvalue weighted by Gasteiger charge is 2.46. The molecule has 4 aliphatic rings. The number of hydrogen-bond acceptors (Lipinski definition) is 7. The van der Waals surface area contributed by atoms with Crippen LogP contribution in [0.4, 0.5) is 4.79 Å². The van der Waals surface area contributed by atoms with Gasteiger partial charge in [-0.3, -0.25) is 14.5 Å². The lowest BCUT2D eigenvalue weighted by Crippen LogP contribution is -2.59. The maximum Gasteiger partial charge on any atom is 0.410 e. The molecule has 2 saturated heterocycles. The predicted molar refractivity (Wildman–Crippen MR) is 189 cm³/mol. The molecule has 0 aliphatic carbocycles. The second-order valence-corrected chi connectivity index (χ2v) is 21.3. The first-order valence-electron chi connectivity index (χ1n) is 17.7. The normalized spacial score (nSPS) is 23.3. The SMILES string of the molecule is CC(C)(C)OC(=O)N1Cc2ccccc2C[C@H]1[C@@H](CN1CCOc2cc(C(=O)N3C4CCC3COC4)ccc2C1=O)O[Si](C)(C)C(C)(C)C. The van der Waals surface area contributed by atoms with Gasteiger partial charge in [-0.2, -0.15) is 0 Å². The van der Waals surface area contributed by atoms with E-state index >= 15 is 0 Å². The molecule has 2 unspecified atom stereocenters. The zero-order chi connectivity index (χ0) is 35.3. The van der Waals surface area contributed by atoms with Gasteiger partial charge in [0.1, 0.15) is 18.0 Å². The summed E-state index contributed by atoms with van der Waals surface area (Å²) in [4.78, 5) is 47.3. The molecule has 0 spiro atoms. The van der Waals surface area contributed by atoms with Crippen molar-refractivity contribution in [1.29, 1.82) is 0 Å². The molecule has 11 heteroatoms. The fraction of sp³-hybridized carbons (Fsp3) is 0.605. The summed E-state index contributed by atoms with van der Waals surface area (Å²) in [5.74, 6) is 0.197. The van der Waals surface area contributed by atoms with Crippen LogP contribution in [0.2, 0.25) is 18.1 Å². The van der Waals surface area contributed by atoms with E-state index in [0.717, 1.165) is 24.0 Å². The molecule has 2 aromatic rings. The first-order valence-corrected chi connectivity index (χ1v) is 20.6. The Bertz CT molecular complexity index is 1570. The Balaban J connectivity index is 1.30. The smallest absolute Gasteiger partial charge is 0.410 e. The Hall–Kier alpha value is -3.41. The van der Waals surface area contributed by atoms with E-state index < -0.39 is 26.1 Å². The van der Waals surface area contributed by atoms with Crippen LogP contribution in [-0.2, 0) is 26.9 Å². The molecule has 3 amide bonds. The number of fused-ring (bicyclic) bond motifs is 4. The lowest BCUT2D eigenvalue weighted by atomic mass is 9.91. The molecule has 266 valence electrons. The van der Waals surface area contributed by atoms with Crippen LogP contribution >= 0.6 is 0 Å². The third-order valence-electron chi connectivity index (χ3n) is 10.8. The van der Waals surface area contributed by atoms with Gasteiger partial charge >= 0.3 is 6.09 Å². The lowest BCUT2D eigenvalue weighted by molar-refractivity contribution is -0.0150. The molecular weight excluding hydrogens is 639 g/mol. The van der Waals surface area contributed by atoms with Gasteiger partial charge in [0.25, 0.3) is 11.8 Å². The summed E-state index contributed by atoms with van der Waals surface area (Å²) in [5, 5.41) is -0.101.